The molecule has 0 aliphatic heterocycles. The van der Waals surface area contributed by atoms with Crippen LogP contribution in [0, 0.1) is 5.82 Å². The van der Waals surface area contributed by atoms with Gasteiger partial charge in [0.05, 0.1) is 11.9 Å². The SMILES string of the molecule is Nc1ccc(-c2nc(-c3ccc(O)c(F)c3)no2)nc1. The molecule has 0 aliphatic carbocycles. The Morgan fingerprint density at radius 1 is 1.20 bits per heavy atom. The van der Waals surface area contributed by atoms with Crippen LogP contribution >= 0.6 is 0 Å². The minimum Gasteiger partial charge on any atom is -0.505 e. The molecule has 0 saturated heterocycles. The number of anilines is 1. The summed E-state index contributed by atoms with van der Waals surface area (Å²) in [5.41, 5.74) is 6.92. The fraction of sp³-hybridized carbons (Fsp3) is 0. The fourth-order valence-electron chi connectivity index (χ4n) is 1.62. The number of nitrogens with two attached hydrogens (primary N) is 1. The van der Waals surface area contributed by atoms with Gasteiger partial charge in [-0.15, -0.1) is 0 Å². The van der Waals surface area contributed by atoms with Crippen LogP contribution in [0.5, 0.6) is 5.75 Å². The molecule has 1 aromatic carbocycles. The van der Waals surface area contributed by atoms with Crippen molar-refractivity contribution < 1.29 is 14.0 Å². The first-order valence-corrected chi connectivity index (χ1v) is 5.68. The molecule has 0 radical (unpaired) electrons. The number of phenols is 1. The molecule has 2 aromatic heterocycles. The molecule has 20 heavy (non-hydrogen) atoms. The van der Waals surface area contributed by atoms with E-state index < -0.39 is 11.6 Å². The number of nitrogens with zero attached hydrogens (tertiary/aromatic N) is 3. The van der Waals surface area contributed by atoms with Crippen LogP contribution in [-0.4, -0.2) is 20.2 Å². The van der Waals surface area contributed by atoms with E-state index in [1.807, 2.05) is 0 Å². The van der Waals surface area contributed by atoms with Gasteiger partial charge in [0.15, 0.2) is 11.6 Å². The van der Waals surface area contributed by atoms with Crippen LogP contribution in [0.2, 0.25) is 0 Å². The Labute approximate surface area is 112 Å². The second kappa shape index (κ2) is 4.61. The standard InChI is InChI=1S/C13H9FN4O2/c14-9-5-7(1-4-11(9)19)12-17-13(20-18-12)10-3-2-8(15)6-16-10/h1-6,19H,15H2. The Bertz CT molecular complexity index is 755. The number of aromatic nitrogens is 3. The quantitative estimate of drug-likeness (QED) is 0.742. The van der Waals surface area contributed by atoms with Gasteiger partial charge in [-0.3, -0.25) is 0 Å². The number of hydrogen-bond acceptors (Lipinski definition) is 6. The van der Waals surface area contributed by atoms with Gasteiger partial charge in [-0.1, -0.05) is 5.16 Å². The lowest BCUT2D eigenvalue weighted by Gasteiger charge is -1.97. The summed E-state index contributed by atoms with van der Waals surface area (Å²) in [6.07, 6.45) is 1.47. The van der Waals surface area contributed by atoms with Crippen molar-refractivity contribution in [3.8, 4) is 28.7 Å². The predicted octanol–water partition coefficient (Wildman–Crippen LogP) is 2.23. The average molecular weight is 272 g/mol. The Morgan fingerprint density at radius 2 is 2.05 bits per heavy atom. The number of halogens is 1. The fourth-order valence-corrected chi connectivity index (χ4v) is 1.62. The molecule has 0 bridgehead atoms. The molecule has 0 saturated carbocycles. The van der Waals surface area contributed by atoms with Crippen LogP contribution in [0.4, 0.5) is 10.1 Å². The van der Waals surface area contributed by atoms with E-state index in [0.717, 1.165) is 6.07 Å². The smallest absolute Gasteiger partial charge is 0.276 e. The van der Waals surface area contributed by atoms with E-state index in [1.165, 1.54) is 18.3 Å². The van der Waals surface area contributed by atoms with Crippen molar-refractivity contribution in [3.63, 3.8) is 0 Å². The lowest BCUT2D eigenvalue weighted by atomic mass is 10.2. The van der Waals surface area contributed by atoms with Crippen LogP contribution in [0.25, 0.3) is 23.0 Å². The number of pyridine rings is 1. The van der Waals surface area contributed by atoms with Crippen molar-refractivity contribution in [1.29, 1.82) is 0 Å². The zero-order valence-corrected chi connectivity index (χ0v) is 10.1. The zero-order chi connectivity index (χ0) is 14.1. The molecule has 0 aliphatic rings. The van der Waals surface area contributed by atoms with Crippen molar-refractivity contribution in [2.45, 2.75) is 0 Å². The van der Waals surface area contributed by atoms with Crippen LogP contribution < -0.4 is 5.73 Å². The molecule has 3 N–H and O–H groups in total. The first-order valence-electron chi connectivity index (χ1n) is 5.68. The van der Waals surface area contributed by atoms with Gasteiger partial charge in [-0.2, -0.15) is 4.98 Å². The maximum atomic E-state index is 13.3. The maximum Gasteiger partial charge on any atom is 0.276 e. The van der Waals surface area contributed by atoms with Gasteiger partial charge in [0.2, 0.25) is 5.82 Å². The molecular formula is C13H9FN4O2. The molecule has 2 heterocycles. The van der Waals surface area contributed by atoms with Gasteiger partial charge in [-0.05, 0) is 30.3 Å². The van der Waals surface area contributed by atoms with Crippen molar-refractivity contribution in [1.82, 2.24) is 15.1 Å². The van der Waals surface area contributed by atoms with E-state index in [4.69, 9.17) is 15.4 Å². The highest BCUT2D eigenvalue weighted by atomic mass is 19.1. The van der Waals surface area contributed by atoms with E-state index >= 15 is 0 Å². The molecule has 6 nitrogen and oxygen atoms in total. The van der Waals surface area contributed by atoms with Gasteiger partial charge >= 0.3 is 0 Å². The summed E-state index contributed by atoms with van der Waals surface area (Å²) in [6.45, 7) is 0. The van der Waals surface area contributed by atoms with E-state index in [2.05, 4.69) is 15.1 Å². The topological polar surface area (TPSA) is 98.1 Å². The lowest BCUT2D eigenvalue weighted by Crippen LogP contribution is -1.88. The van der Waals surface area contributed by atoms with E-state index in [-0.39, 0.29) is 11.7 Å². The summed E-state index contributed by atoms with van der Waals surface area (Å²) in [4.78, 5) is 8.17. The summed E-state index contributed by atoms with van der Waals surface area (Å²) >= 11 is 0. The van der Waals surface area contributed by atoms with Crippen molar-refractivity contribution >= 4 is 5.69 Å². The van der Waals surface area contributed by atoms with Gasteiger partial charge in [0, 0.05) is 5.56 Å². The number of aromatic hydroxyl groups is 1. The molecule has 0 unspecified atom stereocenters. The third-order valence-electron chi connectivity index (χ3n) is 2.64. The lowest BCUT2D eigenvalue weighted by molar-refractivity contribution is 0.429. The van der Waals surface area contributed by atoms with Crippen LogP contribution in [0.15, 0.2) is 41.1 Å². The number of hydrogen-bond donors (Lipinski definition) is 2. The van der Waals surface area contributed by atoms with Crippen LogP contribution in [-0.2, 0) is 0 Å². The summed E-state index contributed by atoms with van der Waals surface area (Å²) < 4.78 is 18.3. The second-order valence-corrected chi connectivity index (χ2v) is 4.07. The number of phenolic OH excluding ortho intramolecular Hbond substituents is 1. The van der Waals surface area contributed by atoms with E-state index in [0.29, 0.717) is 16.9 Å². The minimum atomic E-state index is -0.751. The van der Waals surface area contributed by atoms with Crippen molar-refractivity contribution in [2.75, 3.05) is 5.73 Å². The van der Waals surface area contributed by atoms with Gasteiger partial charge < -0.3 is 15.4 Å². The van der Waals surface area contributed by atoms with E-state index in [1.54, 1.807) is 12.1 Å². The normalized spacial score (nSPS) is 10.7. The summed E-state index contributed by atoms with van der Waals surface area (Å²) in [6, 6.07) is 7.14. The third-order valence-corrected chi connectivity index (χ3v) is 2.64. The summed E-state index contributed by atoms with van der Waals surface area (Å²) in [5.74, 6) is -0.775. The second-order valence-electron chi connectivity index (χ2n) is 4.07. The third kappa shape index (κ3) is 2.16. The Balaban J connectivity index is 1.97. The molecule has 100 valence electrons. The molecule has 0 amide bonds. The average Bonchev–Trinajstić information content (AvgIpc) is 2.92. The Kier molecular flexibility index (Phi) is 2.79. The summed E-state index contributed by atoms with van der Waals surface area (Å²) in [5, 5.41) is 12.9. The van der Waals surface area contributed by atoms with E-state index in [9.17, 15) is 4.39 Å². The summed E-state index contributed by atoms with van der Waals surface area (Å²) in [7, 11) is 0. The van der Waals surface area contributed by atoms with Crippen molar-refractivity contribution in [2.24, 2.45) is 0 Å². The van der Waals surface area contributed by atoms with Crippen LogP contribution in [0.1, 0.15) is 0 Å². The van der Waals surface area contributed by atoms with Gasteiger partial charge in [0.25, 0.3) is 5.89 Å². The number of benzene rings is 1. The number of rotatable bonds is 2. The Hall–Kier alpha value is -2.96. The van der Waals surface area contributed by atoms with Crippen LogP contribution in [0.3, 0.4) is 0 Å². The first-order chi connectivity index (χ1) is 9.63. The first kappa shape index (κ1) is 12.1. The zero-order valence-electron chi connectivity index (χ0n) is 10.1. The molecule has 3 aromatic rings. The largest absolute Gasteiger partial charge is 0.505 e. The van der Waals surface area contributed by atoms with Crippen molar-refractivity contribution in [3.05, 3.63) is 42.3 Å². The molecule has 7 heteroatoms. The predicted molar refractivity (Wildman–Crippen MR) is 69.0 cm³/mol. The highest BCUT2D eigenvalue weighted by Crippen LogP contribution is 2.24. The molecule has 0 fully saturated rings. The highest BCUT2D eigenvalue weighted by molar-refractivity contribution is 5.59. The Morgan fingerprint density at radius 3 is 2.75 bits per heavy atom. The molecule has 0 spiro atoms. The molecule has 3 rings (SSSR count). The maximum absolute atomic E-state index is 13.3. The molecular weight excluding hydrogens is 263 g/mol. The number of nitrogen functional groups attached to an aromatic ring is 1. The molecule has 0 atom stereocenters. The van der Waals surface area contributed by atoms with Gasteiger partial charge in [-0.25, -0.2) is 9.37 Å². The highest BCUT2D eigenvalue weighted by Gasteiger charge is 2.13. The van der Waals surface area contributed by atoms with Gasteiger partial charge in [0.1, 0.15) is 5.69 Å². The minimum absolute atomic E-state index is 0.202. The monoisotopic (exact) mass is 272 g/mol.